The topological polar surface area (TPSA) is 34.9 Å². The van der Waals surface area contributed by atoms with E-state index < -0.39 is 0 Å². The summed E-state index contributed by atoms with van der Waals surface area (Å²) in [5, 5.41) is 1.61. The van der Waals surface area contributed by atoms with Crippen LogP contribution >= 0.6 is 11.8 Å². The van der Waals surface area contributed by atoms with Crippen molar-refractivity contribution in [2.24, 2.45) is 0 Å². The number of aromatic nitrogens is 2. The lowest BCUT2D eigenvalue weighted by Gasteiger charge is -2.11. The average Bonchev–Trinajstić information content (AvgIpc) is 3.14. The van der Waals surface area contributed by atoms with E-state index >= 15 is 0 Å². The molecule has 0 spiro atoms. The van der Waals surface area contributed by atoms with Crippen molar-refractivity contribution in [1.29, 1.82) is 0 Å². The molecule has 1 aromatic carbocycles. The molecule has 1 aromatic heterocycles. The first-order valence-corrected chi connectivity index (χ1v) is 6.94. The summed E-state index contributed by atoms with van der Waals surface area (Å²) in [4.78, 5) is 17.0. The van der Waals surface area contributed by atoms with Gasteiger partial charge in [0.15, 0.2) is 5.16 Å². The minimum atomic E-state index is 0.119. The molecule has 0 saturated heterocycles. The maximum Gasteiger partial charge on any atom is 0.262 e. The minimum absolute atomic E-state index is 0.119. The lowest BCUT2D eigenvalue weighted by molar-refractivity contribution is 0.618. The molecule has 0 unspecified atom stereocenters. The molecule has 88 valence electrons. The van der Waals surface area contributed by atoms with E-state index in [0.29, 0.717) is 6.04 Å². The van der Waals surface area contributed by atoms with Gasteiger partial charge in [-0.2, -0.15) is 0 Å². The van der Waals surface area contributed by atoms with Crippen LogP contribution < -0.4 is 5.56 Å². The molecule has 0 radical (unpaired) electrons. The van der Waals surface area contributed by atoms with E-state index in [-0.39, 0.29) is 5.56 Å². The third-order valence-electron chi connectivity index (χ3n) is 2.96. The summed E-state index contributed by atoms with van der Waals surface area (Å²) in [5.74, 6) is 0.942. The second-order valence-electron chi connectivity index (χ2n) is 4.25. The molecule has 3 nitrogen and oxygen atoms in total. The molecule has 0 N–H and O–H groups in total. The van der Waals surface area contributed by atoms with E-state index in [1.165, 1.54) is 0 Å². The normalized spacial score (nSPS) is 15.4. The van der Waals surface area contributed by atoms with Crippen LogP contribution in [0.2, 0.25) is 0 Å². The molecule has 4 heteroatoms. The van der Waals surface area contributed by atoms with Crippen LogP contribution in [0.3, 0.4) is 0 Å². The summed E-state index contributed by atoms with van der Waals surface area (Å²) >= 11 is 1.65. The first-order chi connectivity index (χ1) is 8.31. The highest BCUT2D eigenvalue weighted by Crippen LogP contribution is 2.36. The standard InChI is InChI=1S/C13H14N2OS/c1-2-17-13-14-11-6-4-3-5-10(11)12(16)15(13)9-7-8-9/h3-6,9H,2,7-8H2,1H3. The number of rotatable bonds is 3. The predicted octanol–water partition coefficient (Wildman–Crippen LogP) is 2.84. The first kappa shape index (κ1) is 10.8. The van der Waals surface area contributed by atoms with Crippen molar-refractivity contribution in [2.75, 3.05) is 5.75 Å². The fourth-order valence-corrected chi connectivity index (χ4v) is 2.80. The quantitative estimate of drug-likeness (QED) is 0.617. The predicted molar refractivity (Wildman–Crippen MR) is 70.7 cm³/mol. The third-order valence-corrected chi connectivity index (χ3v) is 3.80. The molecule has 0 bridgehead atoms. The van der Waals surface area contributed by atoms with E-state index in [4.69, 9.17) is 0 Å². The summed E-state index contributed by atoms with van der Waals surface area (Å²) < 4.78 is 1.89. The monoisotopic (exact) mass is 246 g/mol. The first-order valence-electron chi connectivity index (χ1n) is 5.95. The molecule has 1 aliphatic carbocycles. The van der Waals surface area contributed by atoms with Gasteiger partial charge in [-0.15, -0.1) is 0 Å². The SMILES string of the molecule is CCSc1nc2ccccc2c(=O)n1C1CC1. The van der Waals surface area contributed by atoms with Crippen molar-refractivity contribution < 1.29 is 0 Å². The number of hydrogen-bond donors (Lipinski definition) is 0. The van der Waals surface area contributed by atoms with Gasteiger partial charge in [-0.25, -0.2) is 4.98 Å². The van der Waals surface area contributed by atoms with Crippen molar-refractivity contribution in [3.8, 4) is 0 Å². The number of thioether (sulfide) groups is 1. The smallest absolute Gasteiger partial charge is 0.262 e. The van der Waals surface area contributed by atoms with Gasteiger partial charge in [-0.05, 0) is 30.7 Å². The Kier molecular flexibility index (Phi) is 2.67. The van der Waals surface area contributed by atoms with Crippen LogP contribution in [0.4, 0.5) is 0 Å². The molecule has 1 fully saturated rings. The van der Waals surface area contributed by atoms with E-state index in [9.17, 15) is 4.79 Å². The Morgan fingerprint density at radius 3 is 2.88 bits per heavy atom. The summed E-state index contributed by atoms with van der Waals surface area (Å²) in [7, 11) is 0. The Morgan fingerprint density at radius 2 is 2.18 bits per heavy atom. The molecule has 0 atom stereocenters. The van der Waals surface area contributed by atoms with Crippen molar-refractivity contribution >= 4 is 22.7 Å². The fourth-order valence-electron chi connectivity index (χ4n) is 2.01. The largest absolute Gasteiger partial charge is 0.284 e. The van der Waals surface area contributed by atoms with Crippen LogP contribution in [-0.4, -0.2) is 15.3 Å². The molecule has 0 amide bonds. The highest BCUT2D eigenvalue weighted by Gasteiger charge is 2.28. The Balaban J connectivity index is 2.30. The maximum absolute atomic E-state index is 12.4. The molecular weight excluding hydrogens is 232 g/mol. The van der Waals surface area contributed by atoms with Gasteiger partial charge < -0.3 is 0 Å². The molecule has 17 heavy (non-hydrogen) atoms. The molecule has 2 aromatic rings. The van der Waals surface area contributed by atoms with E-state index in [1.807, 2.05) is 28.8 Å². The molecule has 1 heterocycles. The zero-order chi connectivity index (χ0) is 11.8. The summed E-state index contributed by atoms with van der Waals surface area (Å²) in [6.45, 7) is 2.09. The van der Waals surface area contributed by atoms with Crippen LogP contribution in [0, 0.1) is 0 Å². The summed E-state index contributed by atoms with van der Waals surface area (Å²) in [6, 6.07) is 7.98. The minimum Gasteiger partial charge on any atom is -0.284 e. The number of benzene rings is 1. The number of fused-ring (bicyclic) bond motifs is 1. The van der Waals surface area contributed by atoms with Crippen molar-refractivity contribution in [1.82, 2.24) is 9.55 Å². The molecular formula is C13H14N2OS. The van der Waals surface area contributed by atoms with Gasteiger partial charge in [0, 0.05) is 6.04 Å². The van der Waals surface area contributed by atoms with Crippen molar-refractivity contribution in [2.45, 2.75) is 31.0 Å². The van der Waals surface area contributed by atoms with Crippen LogP contribution in [0.15, 0.2) is 34.2 Å². The van der Waals surface area contributed by atoms with E-state index in [1.54, 1.807) is 11.8 Å². The van der Waals surface area contributed by atoms with E-state index in [0.717, 1.165) is 34.7 Å². The Bertz CT molecular complexity index is 616. The molecule has 0 aliphatic heterocycles. The molecule has 3 rings (SSSR count). The van der Waals surface area contributed by atoms with Crippen molar-refractivity contribution in [3.63, 3.8) is 0 Å². The lowest BCUT2D eigenvalue weighted by Crippen LogP contribution is -2.22. The number of para-hydroxylation sites is 1. The highest BCUT2D eigenvalue weighted by atomic mass is 32.2. The van der Waals surface area contributed by atoms with Crippen LogP contribution in [0.25, 0.3) is 10.9 Å². The van der Waals surface area contributed by atoms with Crippen LogP contribution in [0.1, 0.15) is 25.8 Å². The van der Waals surface area contributed by atoms with Gasteiger partial charge in [-0.3, -0.25) is 9.36 Å². The Hall–Kier alpha value is -1.29. The van der Waals surface area contributed by atoms with Gasteiger partial charge in [0.2, 0.25) is 0 Å². The summed E-state index contributed by atoms with van der Waals surface area (Å²) in [5.41, 5.74) is 0.930. The van der Waals surface area contributed by atoms with Gasteiger partial charge >= 0.3 is 0 Å². The third kappa shape index (κ3) is 1.86. The van der Waals surface area contributed by atoms with E-state index in [2.05, 4.69) is 11.9 Å². The Labute approximate surface area is 104 Å². The van der Waals surface area contributed by atoms with Gasteiger partial charge in [0.25, 0.3) is 5.56 Å². The van der Waals surface area contributed by atoms with Crippen LogP contribution in [-0.2, 0) is 0 Å². The van der Waals surface area contributed by atoms with Gasteiger partial charge in [-0.1, -0.05) is 30.8 Å². The second kappa shape index (κ2) is 4.18. The zero-order valence-electron chi connectivity index (χ0n) is 9.72. The zero-order valence-corrected chi connectivity index (χ0v) is 10.5. The second-order valence-corrected chi connectivity index (χ2v) is 5.48. The Morgan fingerprint density at radius 1 is 1.41 bits per heavy atom. The fraction of sp³-hybridized carbons (Fsp3) is 0.385. The lowest BCUT2D eigenvalue weighted by atomic mass is 10.2. The average molecular weight is 246 g/mol. The maximum atomic E-state index is 12.4. The number of nitrogens with zero attached hydrogens (tertiary/aromatic N) is 2. The molecule has 1 saturated carbocycles. The van der Waals surface area contributed by atoms with Gasteiger partial charge in [0.1, 0.15) is 0 Å². The summed E-state index contributed by atoms with van der Waals surface area (Å²) in [6.07, 6.45) is 2.22. The van der Waals surface area contributed by atoms with Crippen molar-refractivity contribution in [3.05, 3.63) is 34.6 Å². The highest BCUT2D eigenvalue weighted by molar-refractivity contribution is 7.99. The molecule has 1 aliphatic rings. The number of hydrogen-bond acceptors (Lipinski definition) is 3. The van der Waals surface area contributed by atoms with Crippen LogP contribution in [0.5, 0.6) is 0 Å². The van der Waals surface area contributed by atoms with Gasteiger partial charge in [0.05, 0.1) is 10.9 Å².